The summed E-state index contributed by atoms with van der Waals surface area (Å²) >= 11 is 0. The fourth-order valence-corrected chi connectivity index (χ4v) is 0.980. The zero-order valence-corrected chi connectivity index (χ0v) is 9.79. The zero-order valence-electron chi connectivity index (χ0n) is 8.23. The van der Waals surface area contributed by atoms with Crippen LogP contribution in [0, 0.1) is 17.7 Å². The largest absolute Gasteiger partial charge is 0.324 e. The third-order valence-electron chi connectivity index (χ3n) is 1.61. The molecule has 0 aliphatic heterocycles. The molecule has 1 rings (SSSR count). The molecule has 1 aromatic rings. The van der Waals surface area contributed by atoms with Crippen LogP contribution in [-0.2, 0) is 26.5 Å². The zero-order chi connectivity index (χ0) is 10.6. The molecule has 0 atom stereocenters. The Labute approximate surface area is 102 Å². The van der Waals surface area contributed by atoms with E-state index in [1.54, 1.807) is 0 Å². The van der Waals surface area contributed by atoms with E-state index in [2.05, 4.69) is 5.32 Å². The molecule has 0 unspecified atom stereocenters. The van der Waals surface area contributed by atoms with Crippen LogP contribution >= 0.6 is 0 Å². The molecular weight excluding hydrogens is 236 g/mol. The van der Waals surface area contributed by atoms with Gasteiger partial charge in [0.1, 0.15) is 5.82 Å². The molecular formula is C10H10F2NOTi. The summed E-state index contributed by atoms with van der Waals surface area (Å²) < 4.78 is 25.4. The average Bonchev–Trinajstić information content (AvgIpc) is 2.10. The van der Waals surface area contributed by atoms with E-state index in [0.717, 1.165) is 6.07 Å². The van der Waals surface area contributed by atoms with E-state index in [-0.39, 0.29) is 33.3 Å². The third-order valence-corrected chi connectivity index (χ3v) is 1.61. The van der Waals surface area contributed by atoms with Crippen LogP contribution in [0.25, 0.3) is 0 Å². The number of rotatable bonds is 3. The van der Waals surface area contributed by atoms with Gasteiger partial charge in [0.25, 0.3) is 0 Å². The number of amides is 1. The summed E-state index contributed by atoms with van der Waals surface area (Å²) in [7, 11) is 0. The molecule has 0 aromatic heterocycles. The molecule has 79 valence electrons. The Morgan fingerprint density at radius 1 is 1.47 bits per heavy atom. The van der Waals surface area contributed by atoms with Crippen LogP contribution in [0.4, 0.5) is 14.5 Å². The fourth-order valence-electron chi connectivity index (χ4n) is 0.980. The SMILES string of the molecule is CCCC(=O)Nc1ccc(F)[c]c1F.[Ti]. The van der Waals surface area contributed by atoms with Gasteiger partial charge in [-0.1, -0.05) is 6.92 Å². The van der Waals surface area contributed by atoms with Gasteiger partial charge in [-0.15, -0.1) is 0 Å². The second-order valence-corrected chi connectivity index (χ2v) is 2.83. The normalized spacial score (nSPS) is 9.27. The van der Waals surface area contributed by atoms with Crippen molar-refractivity contribution in [3.8, 4) is 0 Å². The number of carbonyl (C=O) groups is 1. The quantitative estimate of drug-likeness (QED) is 0.815. The molecule has 0 bridgehead atoms. The number of nitrogens with one attached hydrogen (secondary N) is 1. The van der Waals surface area contributed by atoms with Gasteiger partial charge < -0.3 is 5.32 Å². The molecule has 15 heavy (non-hydrogen) atoms. The first-order valence-electron chi connectivity index (χ1n) is 4.30. The first-order chi connectivity index (χ1) is 6.63. The minimum absolute atomic E-state index is 0. The van der Waals surface area contributed by atoms with E-state index in [9.17, 15) is 13.6 Å². The number of benzene rings is 1. The predicted octanol–water partition coefficient (Wildman–Crippen LogP) is 2.50. The second-order valence-electron chi connectivity index (χ2n) is 2.83. The Hall–Kier alpha value is -0.736. The van der Waals surface area contributed by atoms with Crippen molar-refractivity contribution >= 4 is 11.6 Å². The van der Waals surface area contributed by atoms with Gasteiger partial charge in [-0.05, 0) is 18.6 Å². The van der Waals surface area contributed by atoms with Crippen LogP contribution in [-0.4, -0.2) is 5.91 Å². The van der Waals surface area contributed by atoms with Gasteiger partial charge in [0.05, 0.1) is 11.8 Å². The summed E-state index contributed by atoms with van der Waals surface area (Å²) in [6.45, 7) is 1.84. The molecule has 0 saturated carbocycles. The van der Waals surface area contributed by atoms with Crippen molar-refractivity contribution < 1.29 is 35.3 Å². The Balaban J connectivity index is 0.00000196. The molecule has 0 heterocycles. The van der Waals surface area contributed by atoms with Gasteiger partial charge >= 0.3 is 0 Å². The van der Waals surface area contributed by atoms with Gasteiger partial charge in [-0.25, -0.2) is 8.78 Å². The van der Waals surface area contributed by atoms with Crippen molar-refractivity contribution in [3.05, 3.63) is 29.8 Å². The van der Waals surface area contributed by atoms with Crippen molar-refractivity contribution in [2.24, 2.45) is 0 Å². The molecule has 5 heteroatoms. The summed E-state index contributed by atoms with van der Waals surface area (Å²) in [5.74, 6) is -1.95. The van der Waals surface area contributed by atoms with Gasteiger partial charge in [-0.2, -0.15) is 0 Å². The Kier molecular flexibility index (Phi) is 6.37. The van der Waals surface area contributed by atoms with Crippen LogP contribution in [0.1, 0.15) is 19.8 Å². The van der Waals surface area contributed by atoms with Crippen molar-refractivity contribution in [2.45, 2.75) is 19.8 Å². The molecule has 0 fully saturated rings. The van der Waals surface area contributed by atoms with Crippen LogP contribution < -0.4 is 5.32 Å². The molecule has 0 spiro atoms. The minimum Gasteiger partial charge on any atom is -0.324 e. The van der Waals surface area contributed by atoms with E-state index in [4.69, 9.17) is 0 Å². The smallest absolute Gasteiger partial charge is 0.224 e. The topological polar surface area (TPSA) is 29.1 Å². The van der Waals surface area contributed by atoms with Crippen LogP contribution in [0.2, 0.25) is 0 Å². The molecule has 0 aliphatic rings. The fraction of sp³-hybridized carbons (Fsp3) is 0.300. The van der Waals surface area contributed by atoms with Crippen molar-refractivity contribution in [3.63, 3.8) is 0 Å². The first-order valence-corrected chi connectivity index (χ1v) is 4.30. The van der Waals surface area contributed by atoms with Crippen LogP contribution in [0.15, 0.2) is 12.1 Å². The Morgan fingerprint density at radius 3 is 2.67 bits per heavy atom. The van der Waals surface area contributed by atoms with Gasteiger partial charge in [0, 0.05) is 28.1 Å². The molecule has 0 saturated heterocycles. The maximum absolute atomic E-state index is 12.9. The first kappa shape index (κ1) is 14.3. The average molecular weight is 246 g/mol. The Morgan fingerprint density at radius 2 is 2.13 bits per heavy atom. The van der Waals surface area contributed by atoms with E-state index < -0.39 is 11.6 Å². The van der Waals surface area contributed by atoms with Crippen molar-refractivity contribution in [1.29, 1.82) is 0 Å². The predicted molar refractivity (Wildman–Crippen MR) is 48.7 cm³/mol. The van der Waals surface area contributed by atoms with Crippen LogP contribution in [0.3, 0.4) is 0 Å². The molecule has 1 N–H and O–H groups in total. The van der Waals surface area contributed by atoms with E-state index in [0.29, 0.717) is 12.8 Å². The number of hydrogen-bond acceptors (Lipinski definition) is 1. The summed E-state index contributed by atoms with van der Waals surface area (Å²) in [5.41, 5.74) is -0.0372. The maximum Gasteiger partial charge on any atom is 0.224 e. The minimum atomic E-state index is -0.880. The molecule has 2 nitrogen and oxygen atoms in total. The summed E-state index contributed by atoms with van der Waals surface area (Å²) in [5, 5.41) is 2.33. The Bertz CT molecular complexity index is 344. The van der Waals surface area contributed by atoms with Gasteiger partial charge in [-0.3, -0.25) is 4.79 Å². The number of hydrogen-bond donors (Lipinski definition) is 1. The van der Waals surface area contributed by atoms with Crippen molar-refractivity contribution in [2.75, 3.05) is 5.32 Å². The van der Waals surface area contributed by atoms with Gasteiger partial charge in [0.15, 0.2) is 5.82 Å². The summed E-state index contributed by atoms with van der Waals surface area (Å²) in [6.07, 6.45) is 0.995. The number of anilines is 1. The summed E-state index contributed by atoms with van der Waals surface area (Å²) in [6, 6.07) is 4.06. The summed E-state index contributed by atoms with van der Waals surface area (Å²) in [4.78, 5) is 11.1. The van der Waals surface area contributed by atoms with E-state index >= 15 is 0 Å². The van der Waals surface area contributed by atoms with E-state index in [1.165, 1.54) is 6.07 Å². The van der Waals surface area contributed by atoms with Crippen molar-refractivity contribution in [1.82, 2.24) is 0 Å². The molecule has 0 aliphatic carbocycles. The maximum atomic E-state index is 12.9. The van der Waals surface area contributed by atoms with Gasteiger partial charge in [0.2, 0.25) is 5.91 Å². The monoisotopic (exact) mass is 246 g/mol. The molecule has 1 aromatic carbocycles. The number of halogens is 2. The van der Waals surface area contributed by atoms with E-state index in [1.807, 2.05) is 13.0 Å². The molecule has 1 radical (unpaired) electrons. The standard InChI is InChI=1S/C10H10F2NO.Ti/c1-2-3-10(14)13-9-5-4-7(11)6-8(9)12;/h4-5H,2-3H2,1H3,(H,13,14);. The second kappa shape index (κ2) is 6.69. The number of carbonyl (C=O) groups excluding carboxylic acids is 1. The van der Waals surface area contributed by atoms with Crippen LogP contribution in [0.5, 0.6) is 0 Å². The molecule has 1 amide bonds. The third kappa shape index (κ3) is 4.54.